The minimum Gasteiger partial charge on any atom is -0.481 e. The third kappa shape index (κ3) is 3.89. The fraction of sp³-hybridized carbons (Fsp3) is 0.188. The zero-order chi connectivity index (χ0) is 15.4. The molecule has 0 radical (unpaired) electrons. The molecule has 0 aromatic heterocycles. The summed E-state index contributed by atoms with van der Waals surface area (Å²) in [6.45, 7) is 0. The molecule has 2 aromatic rings. The predicted molar refractivity (Wildman–Crippen MR) is 80.3 cm³/mol. The quantitative estimate of drug-likeness (QED) is 0.864. The van der Waals surface area contributed by atoms with Crippen LogP contribution in [0, 0.1) is 11.7 Å². The lowest BCUT2D eigenvalue weighted by Gasteiger charge is -2.20. The van der Waals surface area contributed by atoms with Crippen LogP contribution in [0.2, 0.25) is 0 Å². The van der Waals surface area contributed by atoms with E-state index in [1.165, 1.54) is 12.1 Å². The molecule has 0 amide bonds. The molecule has 3 nitrogen and oxygen atoms in total. The van der Waals surface area contributed by atoms with Crippen molar-refractivity contribution in [2.24, 2.45) is 5.92 Å². The molecule has 2 atom stereocenters. The van der Waals surface area contributed by atoms with E-state index >= 15 is 0 Å². The van der Waals surface area contributed by atoms with Gasteiger partial charge in [0.25, 0.3) is 0 Å². The summed E-state index contributed by atoms with van der Waals surface area (Å²) >= 11 is 3.13. The van der Waals surface area contributed by atoms with Gasteiger partial charge in [-0.25, -0.2) is 4.39 Å². The molecule has 5 heteroatoms. The van der Waals surface area contributed by atoms with E-state index in [1.807, 2.05) is 6.07 Å². The van der Waals surface area contributed by atoms with Gasteiger partial charge in [0.05, 0.1) is 12.0 Å². The summed E-state index contributed by atoms with van der Waals surface area (Å²) in [5.74, 6) is -2.90. The maximum atomic E-state index is 13.9. The second-order valence-electron chi connectivity index (χ2n) is 4.75. The van der Waals surface area contributed by atoms with Gasteiger partial charge in [-0.3, -0.25) is 4.79 Å². The van der Waals surface area contributed by atoms with Crippen LogP contribution in [0.4, 0.5) is 4.39 Å². The molecule has 0 aliphatic rings. The molecule has 0 aliphatic heterocycles. The number of hydrogen-bond acceptors (Lipinski definition) is 2. The molecule has 0 heterocycles. The third-order valence-corrected chi connectivity index (χ3v) is 3.77. The van der Waals surface area contributed by atoms with Crippen molar-refractivity contribution in [3.05, 3.63) is 69.9 Å². The van der Waals surface area contributed by atoms with Crippen LogP contribution in [0.5, 0.6) is 0 Å². The number of carbonyl (C=O) groups is 1. The minimum absolute atomic E-state index is 0.0125. The first kappa shape index (κ1) is 15.7. The molecular weight excluding hydrogens is 339 g/mol. The summed E-state index contributed by atoms with van der Waals surface area (Å²) in [4.78, 5) is 11.4. The van der Waals surface area contributed by atoms with Gasteiger partial charge >= 0.3 is 5.97 Å². The van der Waals surface area contributed by atoms with Crippen molar-refractivity contribution < 1.29 is 19.4 Å². The Kier molecular flexibility index (Phi) is 5.09. The molecule has 110 valence electrons. The van der Waals surface area contributed by atoms with E-state index in [-0.39, 0.29) is 12.0 Å². The smallest absolute Gasteiger partial charge is 0.309 e. The Labute approximate surface area is 130 Å². The topological polar surface area (TPSA) is 57.5 Å². The van der Waals surface area contributed by atoms with Crippen LogP contribution in [-0.4, -0.2) is 16.2 Å². The molecule has 0 fully saturated rings. The molecule has 0 saturated heterocycles. The summed E-state index contributed by atoms with van der Waals surface area (Å²) in [6.07, 6.45) is -1.27. The molecule has 2 rings (SSSR count). The number of benzene rings is 2. The van der Waals surface area contributed by atoms with Crippen molar-refractivity contribution in [1.82, 2.24) is 0 Å². The summed E-state index contributed by atoms with van der Waals surface area (Å²) in [5, 5.41) is 19.6. The van der Waals surface area contributed by atoms with Crippen LogP contribution in [-0.2, 0) is 11.2 Å². The molecule has 0 spiro atoms. The predicted octanol–water partition coefficient (Wildman–Crippen LogP) is 3.57. The Hall–Kier alpha value is -1.72. The molecule has 0 aliphatic carbocycles. The van der Waals surface area contributed by atoms with Crippen LogP contribution in [0.15, 0.2) is 53.0 Å². The first-order chi connectivity index (χ1) is 9.99. The van der Waals surface area contributed by atoms with Gasteiger partial charge in [-0.2, -0.15) is 0 Å². The minimum atomic E-state index is -1.41. The Morgan fingerprint density at radius 1 is 1.19 bits per heavy atom. The second-order valence-corrected chi connectivity index (χ2v) is 5.66. The molecular formula is C16H14BrFO3. The average Bonchev–Trinajstić information content (AvgIpc) is 2.45. The molecule has 2 N–H and O–H groups in total. The van der Waals surface area contributed by atoms with Crippen LogP contribution in [0.25, 0.3) is 0 Å². The fourth-order valence-electron chi connectivity index (χ4n) is 2.16. The van der Waals surface area contributed by atoms with Crippen LogP contribution < -0.4 is 0 Å². The Bertz CT molecular complexity index is 631. The molecule has 2 unspecified atom stereocenters. The van der Waals surface area contributed by atoms with Gasteiger partial charge < -0.3 is 10.2 Å². The number of carboxylic acid groups (broad SMARTS) is 1. The van der Waals surface area contributed by atoms with Crippen molar-refractivity contribution in [1.29, 1.82) is 0 Å². The lowest BCUT2D eigenvalue weighted by Crippen LogP contribution is -2.25. The van der Waals surface area contributed by atoms with Crippen molar-refractivity contribution in [2.45, 2.75) is 12.5 Å². The molecule has 0 saturated carbocycles. The van der Waals surface area contributed by atoms with E-state index in [0.717, 1.165) is 5.56 Å². The van der Waals surface area contributed by atoms with Crippen LogP contribution >= 0.6 is 15.9 Å². The maximum absolute atomic E-state index is 13.9. The maximum Gasteiger partial charge on any atom is 0.309 e. The Balaban J connectivity index is 2.27. The number of aliphatic hydroxyl groups excluding tert-OH is 1. The zero-order valence-electron chi connectivity index (χ0n) is 11.0. The highest BCUT2D eigenvalue weighted by Crippen LogP contribution is 2.29. The molecule has 0 bridgehead atoms. The summed E-state index contributed by atoms with van der Waals surface area (Å²) < 4.78 is 14.4. The molecule has 2 aromatic carbocycles. The second kappa shape index (κ2) is 6.83. The summed E-state index contributed by atoms with van der Waals surface area (Å²) in [6, 6.07) is 13.1. The SMILES string of the molecule is O=C(O)C(Cc1ccccc1)C(O)c1ccc(Br)cc1F. The monoisotopic (exact) mass is 352 g/mol. The lowest BCUT2D eigenvalue weighted by molar-refractivity contribution is -0.145. The van der Waals surface area contributed by atoms with Gasteiger partial charge in [-0.05, 0) is 24.1 Å². The van der Waals surface area contributed by atoms with E-state index in [0.29, 0.717) is 4.47 Å². The highest BCUT2D eigenvalue weighted by atomic mass is 79.9. The largest absolute Gasteiger partial charge is 0.481 e. The zero-order valence-corrected chi connectivity index (χ0v) is 12.6. The van der Waals surface area contributed by atoms with Gasteiger partial charge in [0.2, 0.25) is 0 Å². The first-order valence-electron chi connectivity index (χ1n) is 6.39. The van der Waals surface area contributed by atoms with E-state index in [1.54, 1.807) is 30.3 Å². The van der Waals surface area contributed by atoms with Gasteiger partial charge in [-0.15, -0.1) is 0 Å². The molecule has 21 heavy (non-hydrogen) atoms. The van der Waals surface area contributed by atoms with Crippen molar-refractivity contribution in [3.63, 3.8) is 0 Å². The fourth-order valence-corrected chi connectivity index (χ4v) is 2.49. The highest BCUT2D eigenvalue weighted by molar-refractivity contribution is 9.10. The van der Waals surface area contributed by atoms with E-state index < -0.39 is 23.8 Å². The number of rotatable bonds is 5. The number of hydrogen-bond donors (Lipinski definition) is 2. The third-order valence-electron chi connectivity index (χ3n) is 3.28. The average molecular weight is 353 g/mol. The summed E-state index contributed by atoms with van der Waals surface area (Å²) in [7, 11) is 0. The highest BCUT2D eigenvalue weighted by Gasteiger charge is 2.29. The van der Waals surface area contributed by atoms with Crippen molar-refractivity contribution >= 4 is 21.9 Å². The Morgan fingerprint density at radius 3 is 2.43 bits per heavy atom. The summed E-state index contributed by atoms with van der Waals surface area (Å²) in [5.41, 5.74) is 0.767. The number of aliphatic hydroxyl groups is 1. The van der Waals surface area contributed by atoms with Gasteiger partial charge in [0.15, 0.2) is 0 Å². The Morgan fingerprint density at radius 2 is 1.86 bits per heavy atom. The number of carboxylic acids is 1. The normalized spacial score (nSPS) is 13.7. The van der Waals surface area contributed by atoms with Gasteiger partial charge in [0, 0.05) is 10.0 Å². The lowest BCUT2D eigenvalue weighted by atomic mass is 9.89. The van der Waals surface area contributed by atoms with Crippen LogP contribution in [0.1, 0.15) is 17.2 Å². The standard InChI is InChI=1S/C16H14BrFO3/c17-11-6-7-12(14(18)9-11)15(19)13(16(20)21)8-10-4-2-1-3-5-10/h1-7,9,13,15,19H,8H2,(H,20,21). The van der Waals surface area contributed by atoms with E-state index in [4.69, 9.17) is 0 Å². The van der Waals surface area contributed by atoms with Gasteiger partial charge in [0.1, 0.15) is 5.82 Å². The van der Waals surface area contributed by atoms with Gasteiger partial charge in [-0.1, -0.05) is 52.3 Å². The first-order valence-corrected chi connectivity index (χ1v) is 7.18. The number of aliphatic carboxylic acids is 1. The van der Waals surface area contributed by atoms with Crippen LogP contribution in [0.3, 0.4) is 0 Å². The van der Waals surface area contributed by atoms with E-state index in [9.17, 15) is 19.4 Å². The number of halogens is 2. The van der Waals surface area contributed by atoms with Crippen molar-refractivity contribution in [3.8, 4) is 0 Å². The van der Waals surface area contributed by atoms with E-state index in [2.05, 4.69) is 15.9 Å². The van der Waals surface area contributed by atoms with Crippen molar-refractivity contribution in [2.75, 3.05) is 0 Å².